The van der Waals surface area contributed by atoms with Gasteiger partial charge in [-0.15, -0.1) is 0 Å². The molecule has 4 nitrogen and oxygen atoms in total. The lowest BCUT2D eigenvalue weighted by atomic mass is 9.97. The number of ether oxygens (including phenoxy) is 2. The van der Waals surface area contributed by atoms with E-state index in [1.807, 2.05) is 36.4 Å². The smallest absolute Gasteiger partial charge is 0.320 e. The molecule has 132 valence electrons. The molecular formula is C22H20O4. The summed E-state index contributed by atoms with van der Waals surface area (Å²) in [4.78, 5) is 24.5. The van der Waals surface area contributed by atoms with Crippen molar-refractivity contribution in [2.75, 3.05) is 6.61 Å². The monoisotopic (exact) mass is 348 g/mol. The minimum atomic E-state index is -0.807. The first-order valence-corrected chi connectivity index (χ1v) is 8.97. The van der Waals surface area contributed by atoms with Crippen LogP contribution in [0.3, 0.4) is 0 Å². The topological polar surface area (TPSA) is 52.6 Å². The molecule has 1 aliphatic rings. The van der Waals surface area contributed by atoms with Crippen molar-refractivity contribution in [2.45, 2.75) is 25.9 Å². The van der Waals surface area contributed by atoms with E-state index in [0.29, 0.717) is 13.0 Å². The first-order valence-electron chi connectivity index (χ1n) is 8.97. The number of carbonyl (C=O) groups is 2. The molecule has 0 N–H and O–H groups in total. The fourth-order valence-corrected chi connectivity index (χ4v) is 3.56. The van der Waals surface area contributed by atoms with Crippen LogP contribution in [0.25, 0.3) is 21.5 Å². The molecule has 0 radical (unpaired) electrons. The molecule has 4 heteroatoms. The molecule has 3 aromatic rings. The van der Waals surface area contributed by atoms with E-state index >= 15 is 0 Å². The standard InChI is InChI=1S/C22H20O4/c23-21-19(11-5-6-12-25-21)22(24)26-14-20-17-9-3-1-7-15(17)13-16-8-2-4-10-18(16)20/h1-4,7-10,13,19H,5-6,11-12,14H2. The van der Waals surface area contributed by atoms with Crippen LogP contribution in [0.2, 0.25) is 0 Å². The maximum Gasteiger partial charge on any atom is 0.320 e. The summed E-state index contributed by atoms with van der Waals surface area (Å²) in [5.74, 6) is -1.76. The highest BCUT2D eigenvalue weighted by atomic mass is 16.6. The number of hydrogen-bond donors (Lipinski definition) is 0. The molecule has 1 heterocycles. The molecule has 26 heavy (non-hydrogen) atoms. The van der Waals surface area contributed by atoms with Crippen LogP contribution in [0.15, 0.2) is 54.6 Å². The maximum absolute atomic E-state index is 12.5. The lowest BCUT2D eigenvalue weighted by Gasteiger charge is -2.15. The van der Waals surface area contributed by atoms with Gasteiger partial charge in [-0.05, 0) is 46.9 Å². The molecule has 0 aliphatic carbocycles. The average Bonchev–Trinajstić information content (AvgIpc) is 2.89. The summed E-state index contributed by atoms with van der Waals surface area (Å²) in [6, 6.07) is 18.2. The Balaban J connectivity index is 1.65. The number of cyclic esters (lactones) is 1. The third-order valence-electron chi connectivity index (χ3n) is 4.94. The van der Waals surface area contributed by atoms with Crippen LogP contribution >= 0.6 is 0 Å². The minimum Gasteiger partial charge on any atom is -0.465 e. The van der Waals surface area contributed by atoms with Crippen LogP contribution in [0.5, 0.6) is 0 Å². The first-order chi connectivity index (χ1) is 12.7. The Morgan fingerprint density at radius 3 is 2.35 bits per heavy atom. The normalized spacial score (nSPS) is 17.7. The Labute approximate surface area is 151 Å². The van der Waals surface area contributed by atoms with E-state index in [1.165, 1.54) is 0 Å². The van der Waals surface area contributed by atoms with Gasteiger partial charge in [-0.2, -0.15) is 0 Å². The lowest BCUT2D eigenvalue weighted by molar-refractivity contribution is -0.162. The quantitative estimate of drug-likeness (QED) is 0.400. The number of rotatable bonds is 3. The van der Waals surface area contributed by atoms with E-state index in [0.717, 1.165) is 39.9 Å². The zero-order valence-corrected chi connectivity index (χ0v) is 14.4. The second-order valence-corrected chi connectivity index (χ2v) is 6.62. The second kappa shape index (κ2) is 7.16. The van der Waals surface area contributed by atoms with Crippen molar-refractivity contribution in [1.82, 2.24) is 0 Å². The molecule has 0 spiro atoms. The molecule has 1 unspecified atom stereocenters. The highest BCUT2D eigenvalue weighted by Crippen LogP contribution is 2.29. The van der Waals surface area contributed by atoms with Gasteiger partial charge in [0.2, 0.25) is 0 Å². The van der Waals surface area contributed by atoms with E-state index in [-0.39, 0.29) is 6.61 Å². The molecule has 1 aliphatic heterocycles. The molecule has 1 fully saturated rings. The molecule has 1 saturated heterocycles. The predicted molar refractivity (Wildman–Crippen MR) is 99.6 cm³/mol. The number of benzene rings is 3. The van der Waals surface area contributed by atoms with Gasteiger partial charge in [0.1, 0.15) is 6.61 Å². The van der Waals surface area contributed by atoms with Crippen LogP contribution in [0.1, 0.15) is 24.8 Å². The van der Waals surface area contributed by atoms with Crippen LogP contribution in [-0.2, 0) is 25.7 Å². The van der Waals surface area contributed by atoms with E-state index in [1.54, 1.807) is 0 Å². The van der Waals surface area contributed by atoms with E-state index in [4.69, 9.17) is 9.47 Å². The van der Waals surface area contributed by atoms with Gasteiger partial charge in [0, 0.05) is 5.56 Å². The third-order valence-corrected chi connectivity index (χ3v) is 4.94. The predicted octanol–water partition coefficient (Wildman–Crippen LogP) is 4.38. The first kappa shape index (κ1) is 16.6. The van der Waals surface area contributed by atoms with Gasteiger partial charge < -0.3 is 9.47 Å². The molecule has 0 aromatic heterocycles. The van der Waals surface area contributed by atoms with Gasteiger partial charge in [-0.3, -0.25) is 9.59 Å². The Morgan fingerprint density at radius 1 is 1.00 bits per heavy atom. The van der Waals surface area contributed by atoms with Crippen LogP contribution < -0.4 is 0 Å². The average molecular weight is 348 g/mol. The van der Waals surface area contributed by atoms with Crippen molar-refractivity contribution in [3.63, 3.8) is 0 Å². The molecule has 1 atom stereocenters. The van der Waals surface area contributed by atoms with Crippen molar-refractivity contribution in [3.05, 3.63) is 60.2 Å². The van der Waals surface area contributed by atoms with E-state index in [2.05, 4.69) is 18.2 Å². The van der Waals surface area contributed by atoms with Gasteiger partial charge in [-0.1, -0.05) is 48.5 Å². The molecule has 4 rings (SSSR count). The Hall–Kier alpha value is -2.88. The summed E-state index contributed by atoms with van der Waals surface area (Å²) in [6.07, 6.45) is 2.08. The molecule has 0 amide bonds. The lowest BCUT2D eigenvalue weighted by Crippen LogP contribution is -2.26. The van der Waals surface area contributed by atoms with Gasteiger partial charge in [0.25, 0.3) is 0 Å². The van der Waals surface area contributed by atoms with Gasteiger partial charge >= 0.3 is 11.9 Å². The van der Waals surface area contributed by atoms with Gasteiger partial charge in [0.05, 0.1) is 6.61 Å². The Morgan fingerprint density at radius 2 is 1.65 bits per heavy atom. The highest BCUT2D eigenvalue weighted by Gasteiger charge is 2.31. The van der Waals surface area contributed by atoms with E-state index in [9.17, 15) is 9.59 Å². The summed E-state index contributed by atoms with van der Waals surface area (Å²) < 4.78 is 10.7. The minimum absolute atomic E-state index is 0.143. The zero-order chi connectivity index (χ0) is 17.9. The van der Waals surface area contributed by atoms with Crippen LogP contribution in [0.4, 0.5) is 0 Å². The summed E-state index contributed by atoms with van der Waals surface area (Å²) in [7, 11) is 0. The van der Waals surface area contributed by atoms with Crippen molar-refractivity contribution >= 4 is 33.5 Å². The van der Waals surface area contributed by atoms with Gasteiger partial charge in [0.15, 0.2) is 5.92 Å². The molecule has 0 saturated carbocycles. The fraction of sp³-hybridized carbons (Fsp3) is 0.273. The summed E-state index contributed by atoms with van der Waals surface area (Å²) >= 11 is 0. The largest absolute Gasteiger partial charge is 0.465 e. The van der Waals surface area contributed by atoms with Crippen LogP contribution in [0, 0.1) is 5.92 Å². The number of esters is 2. The Kier molecular flexibility index (Phi) is 4.57. The van der Waals surface area contributed by atoms with Crippen molar-refractivity contribution < 1.29 is 19.1 Å². The SMILES string of the molecule is O=C1OCCCCC1C(=O)OCc1c2ccccc2cc2ccccc12. The summed E-state index contributed by atoms with van der Waals surface area (Å²) in [5, 5.41) is 4.32. The van der Waals surface area contributed by atoms with Crippen molar-refractivity contribution in [2.24, 2.45) is 5.92 Å². The zero-order valence-electron chi connectivity index (χ0n) is 14.4. The Bertz CT molecular complexity index is 922. The molecular weight excluding hydrogens is 328 g/mol. The number of carbonyl (C=O) groups excluding carboxylic acids is 2. The van der Waals surface area contributed by atoms with Crippen molar-refractivity contribution in [3.8, 4) is 0 Å². The molecule has 0 bridgehead atoms. The third kappa shape index (κ3) is 3.15. The number of fused-ring (bicyclic) bond motifs is 2. The maximum atomic E-state index is 12.5. The molecule has 3 aromatic carbocycles. The highest BCUT2D eigenvalue weighted by molar-refractivity contribution is 6.02. The fourth-order valence-electron chi connectivity index (χ4n) is 3.56. The van der Waals surface area contributed by atoms with Crippen molar-refractivity contribution in [1.29, 1.82) is 0 Å². The summed E-state index contributed by atoms with van der Waals surface area (Å²) in [6.45, 7) is 0.529. The van der Waals surface area contributed by atoms with Gasteiger partial charge in [-0.25, -0.2) is 0 Å². The van der Waals surface area contributed by atoms with E-state index < -0.39 is 17.9 Å². The second-order valence-electron chi connectivity index (χ2n) is 6.62. The van der Waals surface area contributed by atoms with Crippen LogP contribution in [-0.4, -0.2) is 18.5 Å². The number of hydrogen-bond acceptors (Lipinski definition) is 4. The summed E-state index contributed by atoms with van der Waals surface area (Å²) in [5.41, 5.74) is 0.967.